The number of nitrogens with zero attached hydrogens (tertiary/aromatic N) is 1. The molecule has 3 rings (SSSR count). The molecule has 0 unspecified atom stereocenters. The molecule has 3 nitrogen and oxygen atoms in total. The molecule has 2 aromatic rings. The third-order valence-electron chi connectivity index (χ3n) is 4.10. The first-order valence-corrected chi connectivity index (χ1v) is 8.43. The van der Waals surface area contributed by atoms with Crippen LogP contribution in [-0.2, 0) is 12.7 Å². The van der Waals surface area contributed by atoms with Gasteiger partial charge in [-0.15, -0.1) is 0 Å². The van der Waals surface area contributed by atoms with Crippen molar-refractivity contribution in [2.45, 2.75) is 12.7 Å². The highest BCUT2D eigenvalue weighted by molar-refractivity contribution is 5.51. The SMILES string of the molecule is CN(C/C=C/c1ccc(C(F)(F)F)cc1F)Cc1ccc2c(c1)OCCO2. The Hall–Kier alpha value is -2.54. The van der Waals surface area contributed by atoms with Crippen molar-refractivity contribution >= 4 is 6.08 Å². The predicted molar refractivity (Wildman–Crippen MR) is 94.2 cm³/mol. The smallest absolute Gasteiger partial charge is 0.416 e. The fraction of sp³-hybridized carbons (Fsp3) is 0.300. The van der Waals surface area contributed by atoms with E-state index in [9.17, 15) is 17.6 Å². The Morgan fingerprint density at radius 2 is 1.78 bits per heavy atom. The highest BCUT2D eigenvalue weighted by atomic mass is 19.4. The van der Waals surface area contributed by atoms with Crippen LogP contribution >= 0.6 is 0 Å². The second-order valence-electron chi connectivity index (χ2n) is 6.31. The molecule has 0 saturated carbocycles. The van der Waals surface area contributed by atoms with Crippen LogP contribution in [0.25, 0.3) is 6.08 Å². The van der Waals surface area contributed by atoms with Gasteiger partial charge in [-0.3, -0.25) is 4.90 Å². The maximum Gasteiger partial charge on any atom is 0.416 e. The van der Waals surface area contributed by atoms with Gasteiger partial charge in [0, 0.05) is 18.7 Å². The summed E-state index contributed by atoms with van der Waals surface area (Å²) in [5.74, 6) is 0.551. The van der Waals surface area contributed by atoms with E-state index in [-0.39, 0.29) is 5.56 Å². The summed E-state index contributed by atoms with van der Waals surface area (Å²) < 4.78 is 62.5. The largest absolute Gasteiger partial charge is 0.486 e. The normalized spacial score (nSPS) is 14.1. The van der Waals surface area contributed by atoms with E-state index >= 15 is 0 Å². The molecule has 0 aliphatic carbocycles. The predicted octanol–water partition coefficient (Wildman–Crippen LogP) is 4.76. The summed E-state index contributed by atoms with van der Waals surface area (Å²) in [5.41, 5.74) is 0.166. The molecule has 0 saturated heterocycles. The van der Waals surface area contributed by atoms with Crippen molar-refractivity contribution in [1.29, 1.82) is 0 Å². The van der Waals surface area contributed by atoms with Gasteiger partial charge in [0.15, 0.2) is 11.5 Å². The van der Waals surface area contributed by atoms with Gasteiger partial charge in [0.2, 0.25) is 0 Å². The van der Waals surface area contributed by atoms with Gasteiger partial charge in [-0.25, -0.2) is 4.39 Å². The quantitative estimate of drug-likeness (QED) is 0.697. The Bertz CT molecular complexity index is 833. The van der Waals surface area contributed by atoms with Crippen molar-refractivity contribution in [2.75, 3.05) is 26.8 Å². The lowest BCUT2D eigenvalue weighted by molar-refractivity contribution is -0.137. The van der Waals surface area contributed by atoms with Gasteiger partial charge in [0.05, 0.1) is 5.56 Å². The molecule has 7 heteroatoms. The van der Waals surface area contributed by atoms with Crippen LogP contribution in [0.4, 0.5) is 17.6 Å². The van der Waals surface area contributed by atoms with Crippen LogP contribution < -0.4 is 9.47 Å². The van der Waals surface area contributed by atoms with Crippen molar-refractivity contribution in [2.24, 2.45) is 0 Å². The lowest BCUT2D eigenvalue weighted by Gasteiger charge is -2.20. The first-order valence-electron chi connectivity index (χ1n) is 8.43. The molecule has 27 heavy (non-hydrogen) atoms. The molecule has 0 spiro atoms. The van der Waals surface area contributed by atoms with E-state index < -0.39 is 17.6 Å². The number of benzene rings is 2. The summed E-state index contributed by atoms with van der Waals surface area (Å²) in [5, 5.41) is 0. The van der Waals surface area contributed by atoms with Crippen molar-refractivity contribution in [3.63, 3.8) is 0 Å². The van der Waals surface area contributed by atoms with E-state index in [0.29, 0.717) is 32.4 Å². The Kier molecular flexibility index (Phi) is 5.70. The maximum absolute atomic E-state index is 13.8. The zero-order valence-corrected chi connectivity index (χ0v) is 14.7. The van der Waals surface area contributed by atoms with Crippen LogP contribution in [0.1, 0.15) is 16.7 Å². The standard InChI is InChI=1S/C20H19F4NO2/c1-25(13-14-4-7-18-19(11-14)27-10-9-26-18)8-2-3-15-5-6-16(12-17(15)21)20(22,23)24/h2-7,11-12H,8-10,13H2,1H3/b3-2+. The van der Waals surface area contributed by atoms with Gasteiger partial charge in [-0.05, 0) is 36.9 Å². The molecular weight excluding hydrogens is 362 g/mol. The number of rotatable bonds is 5. The molecule has 0 atom stereocenters. The van der Waals surface area contributed by atoms with Gasteiger partial charge in [0.1, 0.15) is 19.0 Å². The molecular formula is C20H19F4NO2. The number of halogens is 4. The Morgan fingerprint density at radius 3 is 2.48 bits per heavy atom. The summed E-state index contributed by atoms with van der Waals surface area (Å²) >= 11 is 0. The van der Waals surface area contributed by atoms with Crippen LogP contribution in [0.3, 0.4) is 0 Å². The number of alkyl halides is 3. The molecule has 1 aliphatic heterocycles. The Labute approximate surface area is 154 Å². The molecule has 0 aromatic heterocycles. The van der Waals surface area contributed by atoms with Gasteiger partial charge in [-0.2, -0.15) is 13.2 Å². The topological polar surface area (TPSA) is 21.7 Å². The zero-order valence-electron chi connectivity index (χ0n) is 14.7. The molecule has 2 aromatic carbocycles. The average molecular weight is 381 g/mol. The lowest BCUT2D eigenvalue weighted by atomic mass is 10.1. The minimum atomic E-state index is -4.55. The molecule has 1 aliphatic rings. The van der Waals surface area contributed by atoms with Crippen LogP contribution in [0, 0.1) is 5.82 Å². The number of hydrogen-bond acceptors (Lipinski definition) is 3. The van der Waals surface area contributed by atoms with Gasteiger partial charge >= 0.3 is 6.18 Å². The monoisotopic (exact) mass is 381 g/mol. The number of hydrogen-bond donors (Lipinski definition) is 0. The third kappa shape index (κ3) is 5.01. The van der Waals surface area contributed by atoms with Crippen LogP contribution in [-0.4, -0.2) is 31.7 Å². The summed E-state index contributed by atoms with van der Waals surface area (Å²) in [7, 11) is 1.89. The average Bonchev–Trinajstić information content (AvgIpc) is 2.62. The van der Waals surface area contributed by atoms with E-state index in [4.69, 9.17) is 9.47 Å². The highest BCUT2D eigenvalue weighted by Gasteiger charge is 2.30. The van der Waals surface area contributed by atoms with Gasteiger partial charge < -0.3 is 9.47 Å². The fourth-order valence-electron chi connectivity index (χ4n) is 2.76. The lowest BCUT2D eigenvalue weighted by Crippen LogP contribution is -2.19. The van der Waals surface area contributed by atoms with E-state index in [2.05, 4.69) is 0 Å². The van der Waals surface area contributed by atoms with Crippen molar-refractivity contribution < 1.29 is 27.0 Å². The number of fused-ring (bicyclic) bond motifs is 1. The van der Waals surface area contributed by atoms with Gasteiger partial charge in [0.25, 0.3) is 0 Å². The van der Waals surface area contributed by atoms with Crippen molar-refractivity contribution in [3.8, 4) is 11.5 Å². The van der Waals surface area contributed by atoms with Crippen LogP contribution in [0.2, 0.25) is 0 Å². The maximum atomic E-state index is 13.8. The van der Waals surface area contributed by atoms with Crippen molar-refractivity contribution in [3.05, 3.63) is 65.0 Å². The van der Waals surface area contributed by atoms with Gasteiger partial charge in [-0.1, -0.05) is 24.3 Å². The molecule has 0 bridgehead atoms. The summed E-state index contributed by atoms with van der Waals surface area (Å²) in [6.07, 6.45) is -1.35. The molecule has 144 valence electrons. The number of likely N-dealkylation sites (N-methyl/N-ethyl adjacent to an activating group) is 1. The first kappa shape index (κ1) is 19.2. The Balaban J connectivity index is 1.58. The Morgan fingerprint density at radius 1 is 1.04 bits per heavy atom. The molecule has 1 heterocycles. The minimum Gasteiger partial charge on any atom is -0.486 e. The second-order valence-corrected chi connectivity index (χ2v) is 6.31. The van der Waals surface area contributed by atoms with Crippen LogP contribution in [0.5, 0.6) is 11.5 Å². The van der Waals surface area contributed by atoms with E-state index in [1.165, 1.54) is 6.08 Å². The molecule has 0 amide bonds. The van der Waals surface area contributed by atoms with E-state index in [0.717, 1.165) is 29.2 Å². The summed E-state index contributed by atoms with van der Waals surface area (Å²) in [6, 6.07) is 8.26. The molecule has 0 fully saturated rings. The molecule has 0 N–H and O–H groups in total. The van der Waals surface area contributed by atoms with E-state index in [1.54, 1.807) is 6.08 Å². The van der Waals surface area contributed by atoms with E-state index in [1.807, 2.05) is 30.1 Å². The fourth-order valence-corrected chi connectivity index (χ4v) is 2.76. The summed E-state index contributed by atoms with van der Waals surface area (Å²) in [6.45, 7) is 2.21. The molecule has 0 radical (unpaired) electrons. The third-order valence-corrected chi connectivity index (χ3v) is 4.10. The summed E-state index contributed by atoms with van der Waals surface area (Å²) in [4.78, 5) is 1.99. The second kappa shape index (κ2) is 8.00. The minimum absolute atomic E-state index is 0.121. The zero-order chi connectivity index (χ0) is 19.4. The number of ether oxygens (including phenoxy) is 2. The van der Waals surface area contributed by atoms with Crippen LogP contribution in [0.15, 0.2) is 42.5 Å². The van der Waals surface area contributed by atoms with Crippen molar-refractivity contribution in [1.82, 2.24) is 4.90 Å². The highest BCUT2D eigenvalue weighted by Crippen LogP contribution is 2.31. The first-order chi connectivity index (χ1) is 12.8.